The second kappa shape index (κ2) is 17.9. The number of nitrogens with zero attached hydrogens (tertiary/aromatic N) is 2. The average molecular weight is 382 g/mol. The normalized spacial score (nSPS) is 11.3. The first kappa shape index (κ1) is 23.6. The van der Waals surface area contributed by atoms with E-state index < -0.39 is 0 Å². The smallest absolute Gasteiger partial charge is 0.240 e. The number of thioether (sulfide) groups is 1. The number of aryl methyl sites for hydroxylation is 2. The van der Waals surface area contributed by atoms with Crippen LogP contribution in [0.1, 0.15) is 103 Å². The number of aromatic nitrogens is 2. The van der Waals surface area contributed by atoms with Gasteiger partial charge >= 0.3 is 0 Å². The molecule has 26 heavy (non-hydrogen) atoms. The summed E-state index contributed by atoms with van der Waals surface area (Å²) in [6, 6.07) is 0. The maximum Gasteiger partial charge on any atom is 0.243 e. The summed E-state index contributed by atoms with van der Waals surface area (Å²) < 4.78 is 4.40. The zero-order chi connectivity index (χ0) is 18.7. The molecular formula is C23H45N2S+. The molecule has 0 aliphatic rings. The lowest BCUT2D eigenvalue weighted by atomic mass is 10.0. The van der Waals surface area contributed by atoms with Gasteiger partial charge in [0.25, 0.3) is 0 Å². The summed E-state index contributed by atoms with van der Waals surface area (Å²) >= 11 is 2.14. The first-order valence-corrected chi connectivity index (χ1v) is 12.6. The Morgan fingerprint density at radius 1 is 0.692 bits per heavy atom. The van der Waals surface area contributed by atoms with E-state index in [-0.39, 0.29) is 0 Å². The molecule has 0 radical (unpaired) electrons. The zero-order valence-electron chi connectivity index (χ0n) is 17.8. The van der Waals surface area contributed by atoms with Crippen molar-refractivity contribution >= 4 is 11.8 Å². The zero-order valence-corrected chi connectivity index (χ0v) is 18.6. The van der Waals surface area contributed by atoms with Crippen LogP contribution in [0.15, 0.2) is 18.7 Å². The van der Waals surface area contributed by atoms with Gasteiger partial charge in [0.15, 0.2) is 0 Å². The van der Waals surface area contributed by atoms with Crippen LogP contribution in [0, 0.1) is 0 Å². The van der Waals surface area contributed by atoms with E-state index >= 15 is 0 Å². The lowest BCUT2D eigenvalue weighted by Gasteiger charge is -2.03. The summed E-state index contributed by atoms with van der Waals surface area (Å²) in [6.45, 7) is 3.46. The van der Waals surface area contributed by atoms with Gasteiger partial charge in [-0.3, -0.25) is 0 Å². The topological polar surface area (TPSA) is 8.81 Å². The largest absolute Gasteiger partial charge is 0.243 e. The minimum atomic E-state index is 1.16. The first-order chi connectivity index (χ1) is 12.8. The van der Waals surface area contributed by atoms with Crippen molar-refractivity contribution in [3.63, 3.8) is 0 Å². The number of hydrogen-bond donors (Lipinski definition) is 0. The van der Waals surface area contributed by atoms with Crippen LogP contribution in [0.4, 0.5) is 0 Å². The predicted octanol–water partition coefficient (Wildman–Crippen LogP) is 6.92. The minimum Gasteiger partial charge on any atom is -0.240 e. The van der Waals surface area contributed by atoms with Gasteiger partial charge < -0.3 is 0 Å². The fourth-order valence-electron chi connectivity index (χ4n) is 3.48. The highest BCUT2D eigenvalue weighted by Crippen LogP contribution is 2.14. The van der Waals surface area contributed by atoms with E-state index in [1.54, 1.807) is 0 Å². The second-order valence-corrected chi connectivity index (χ2v) is 9.10. The minimum absolute atomic E-state index is 1.16. The number of rotatable bonds is 19. The molecule has 2 nitrogen and oxygen atoms in total. The molecule has 0 bridgehead atoms. The molecule has 1 aromatic heterocycles. The third-order valence-corrected chi connectivity index (χ3v) is 6.33. The van der Waals surface area contributed by atoms with Crippen molar-refractivity contribution in [3.05, 3.63) is 18.7 Å². The summed E-state index contributed by atoms with van der Waals surface area (Å²) in [6.07, 6.45) is 28.1. The van der Waals surface area contributed by atoms with E-state index in [9.17, 15) is 0 Å². The Bertz CT molecular complexity index is 403. The summed E-state index contributed by atoms with van der Waals surface area (Å²) in [5.41, 5.74) is 0. The van der Waals surface area contributed by atoms with E-state index in [0.717, 1.165) is 6.54 Å². The van der Waals surface area contributed by atoms with E-state index in [1.165, 1.54) is 108 Å². The van der Waals surface area contributed by atoms with Crippen molar-refractivity contribution in [2.75, 3.05) is 11.5 Å². The molecule has 1 aromatic rings. The second-order valence-electron chi connectivity index (χ2n) is 7.88. The maximum absolute atomic E-state index is 2.30. The molecule has 0 aliphatic carbocycles. The third-order valence-electron chi connectivity index (χ3n) is 5.17. The fraction of sp³-hybridized carbons (Fsp3) is 0.870. The Morgan fingerprint density at radius 3 is 1.69 bits per heavy atom. The Hall–Kier alpha value is -0.440. The van der Waals surface area contributed by atoms with Crippen molar-refractivity contribution in [1.29, 1.82) is 0 Å². The molecule has 1 rings (SSSR count). The Balaban J connectivity index is 1.68. The van der Waals surface area contributed by atoms with E-state index in [2.05, 4.69) is 53.6 Å². The molecule has 152 valence electrons. The number of unbranched alkanes of at least 4 members (excludes halogenated alkanes) is 13. The van der Waals surface area contributed by atoms with Crippen molar-refractivity contribution < 1.29 is 4.57 Å². The van der Waals surface area contributed by atoms with Gasteiger partial charge in [0.2, 0.25) is 6.33 Å². The van der Waals surface area contributed by atoms with E-state index in [4.69, 9.17) is 0 Å². The Labute approximate surface area is 168 Å². The highest BCUT2D eigenvalue weighted by molar-refractivity contribution is 7.99. The molecule has 3 heteroatoms. The van der Waals surface area contributed by atoms with Gasteiger partial charge in [0.05, 0.1) is 13.6 Å². The van der Waals surface area contributed by atoms with Crippen LogP contribution in [0.3, 0.4) is 0 Å². The molecule has 0 N–H and O–H groups in total. The first-order valence-electron chi connectivity index (χ1n) is 11.4. The summed E-state index contributed by atoms with van der Waals surface area (Å²) in [4.78, 5) is 0. The summed E-state index contributed by atoms with van der Waals surface area (Å²) in [5.74, 6) is 2.66. The van der Waals surface area contributed by atoms with Crippen molar-refractivity contribution in [2.45, 2.75) is 110 Å². The Morgan fingerprint density at radius 2 is 1.19 bits per heavy atom. The SMILES string of the molecule is CCCCCCCCCCCCCCCCSCCCn1cc[n+](C)c1. The van der Waals surface area contributed by atoms with Gasteiger partial charge in [-0.25, -0.2) is 9.13 Å². The van der Waals surface area contributed by atoms with Crippen LogP contribution in [-0.2, 0) is 13.6 Å². The third kappa shape index (κ3) is 14.7. The van der Waals surface area contributed by atoms with Crippen molar-refractivity contribution in [2.24, 2.45) is 7.05 Å². The molecular weight excluding hydrogens is 336 g/mol. The molecule has 0 unspecified atom stereocenters. The van der Waals surface area contributed by atoms with Gasteiger partial charge in [-0.05, 0) is 24.3 Å². The molecule has 0 aliphatic heterocycles. The predicted molar refractivity (Wildman–Crippen MR) is 118 cm³/mol. The maximum atomic E-state index is 2.30. The van der Waals surface area contributed by atoms with Crippen LogP contribution in [0.5, 0.6) is 0 Å². The number of hydrogen-bond acceptors (Lipinski definition) is 1. The molecule has 0 amide bonds. The molecule has 0 saturated heterocycles. The molecule has 0 atom stereocenters. The highest BCUT2D eigenvalue weighted by Gasteiger charge is 1.99. The van der Waals surface area contributed by atoms with E-state index in [0.29, 0.717) is 0 Å². The lowest BCUT2D eigenvalue weighted by molar-refractivity contribution is -0.671. The summed E-state index contributed by atoms with van der Waals surface area (Å²) in [7, 11) is 2.08. The quantitative estimate of drug-likeness (QED) is 0.187. The van der Waals surface area contributed by atoms with Gasteiger partial charge in [0, 0.05) is 0 Å². The van der Waals surface area contributed by atoms with Gasteiger partial charge in [-0.2, -0.15) is 11.8 Å². The van der Waals surface area contributed by atoms with Crippen LogP contribution in [-0.4, -0.2) is 16.1 Å². The van der Waals surface area contributed by atoms with Crippen LogP contribution in [0.2, 0.25) is 0 Å². The van der Waals surface area contributed by atoms with Crippen LogP contribution >= 0.6 is 11.8 Å². The van der Waals surface area contributed by atoms with Gasteiger partial charge in [0.1, 0.15) is 12.4 Å². The molecule has 0 saturated carbocycles. The summed E-state index contributed by atoms with van der Waals surface area (Å²) in [5, 5.41) is 0. The fourth-order valence-corrected chi connectivity index (χ4v) is 4.43. The molecule has 1 heterocycles. The molecule has 0 aromatic carbocycles. The van der Waals surface area contributed by atoms with Gasteiger partial charge in [-0.1, -0.05) is 90.4 Å². The molecule has 0 spiro atoms. The Kier molecular flexibility index (Phi) is 16.3. The van der Waals surface area contributed by atoms with Gasteiger partial charge in [-0.15, -0.1) is 0 Å². The lowest BCUT2D eigenvalue weighted by Crippen LogP contribution is -2.23. The average Bonchev–Trinajstić information content (AvgIpc) is 3.06. The number of imidazole rings is 1. The standard InChI is InChI=1S/C23H45N2S/c1-3-4-5-6-7-8-9-10-11-12-13-14-15-16-21-26-22-17-18-25-20-19-24(2)23-25/h19-20,23H,3-18,21-22H2,1-2H3/q+1. The molecule has 0 fully saturated rings. The highest BCUT2D eigenvalue weighted by atomic mass is 32.2. The van der Waals surface area contributed by atoms with Crippen molar-refractivity contribution in [1.82, 2.24) is 4.57 Å². The van der Waals surface area contributed by atoms with E-state index in [1.807, 2.05) is 0 Å². The monoisotopic (exact) mass is 381 g/mol. The van der Waals surface area contributed by atoms with Crippen LogP contribution in [0.25, 0.3) is 0 Å². The van der Waals surface area contributed by atoms with Crippen molar-refractivity contribution in [3.8, 4) is 0 Å². The van der Waals surface area contributed by atoms with Crippen LogP contribution < -0.4 is 4.57 Å².